The number of nitrogens with zero attached hydrogens (tertiary/aromatic N) is 1. The molecule has 0 amide bonds. The molecule has 0 aliphatic heterocycles. The van der Waals surface area contributed by atoms with E-state index in [1.54, 1.807) is 6.20 Å². The average Bonchev–Trinajstić information content (AvgIpc) is 2.42. The number of nitrogens with two attached hydrogens (primary N) is 1. The van der Waals surface area contributed by atoms with Crippen LogP contribution in [0.25, 0.3) is 0 Å². The van der Waals surface area contributed by atoms with Gasteiger partial charge in [0.25, 0.3) is 0 Å². The minimum atomic E-state index is 0.0923. The van der Waals surface area contributed by atoms with Crippen molar-refractivity contribution in [2.45, 2.75) is 26.3 Å². The van der Waals surface area contributed by atoms with E-state index in [1.807, 2.05) is 12.3 Å². The van der Waals surface area contributed by atoms with E-state index < -0.39 is 0 Å². The maximum Gasteiger partial charge on any atom is 0.0501 e. The van der Waals surface area contributed by atoms with Gasteiger partial charge in [-0.2, -0.15) is 0 Å². The van der Waals surface area contributed by atoms with Crippen LogP contribution in [0.1, 0.15) is 28.3 Å². The summed E-state index contributed by atoms with van der Waals surface area (Å²) in [6, 6.07) is 8.43. The first kappa shape index (κ1) is 14.2. The van der Waals surface area contributed by atoms with Gasteiger partial charge in [-0.1, -0.05) is 34.1 Å². The summed E-state index contributed by atoms with van der Waals surface area (Å²) >= 11 is 3.59. The third-order valence-corrected chi connectivity index (χ3v) is 4.48. The summed E-state index contributed by atoms with van der Waals surface area (Å²) in [5.74, 6) is 5.71. The molecular formula is C15H18BrN3. The van der Waals surface area contributed by atoms with E-state index in [-0.39, 0.29) is 6.04 Å². The summed E-state index contributed by atoms with van der Waals surface area (Å²) in [7, 11) is 0. The van der Waals surface area contributed by atoms with Crippen LogP contribution in [-0.4, -0.2) is 4.98 Å². The molecule has 19 heavy (non-hydrogen) atoms. The molecule has 0 radical (unpaired) electrons. The third kappa shape index (κ3) is 3.41. The first-order valence-electron chi connectivity index (χ1n) is 6.23. The molecule has 0 spiro atoms. The highest BCUT2D eigenvalue weighted by atomic mass is 79.9. The van der Waals surface area contributed by atoms with Crippen molar-refractivity contribution in [2.24, 2.45) is 5.84 Å². The predicted octanol–water partition coefficient (Wildman–Crippen LogP) is 3.21. The molecule has 1 aromatic carbocycles. The van der Waals surface area contributed by atoms with Gasteiger partial charge in [-0.05, 0) is 48.6 Å². The summed E-state index contributed by atoms with van der Waals surface area (Å²) in [5, 5.41) is 0. The Morgan fingerprint density at radius 3 is 2.53 bits per heavy atom. The zero-order chi connectivity index (χ0) is 13.8. The number of benzene rings is 1. The SMILES string of the molecule is Cc1cc(C(Cc2cccnc2)NN)cc(C)c1Br. The van der Waals surface area contributed by atoms with Crippen molar-refractivity contribution in [3.05, 3.63) is 63.4 Å². The van der Waals surface area contributed by atoms with Crippen molar-refractivity contribution in [3.63, 3.8) is 0 Å². The quantitative estimate of drug-likeness (QED) is 0.672. The van der Waals surface area contributed by atoms with E-state index in [0.717, 1.165) is 10.9 Å². The van der Waals surface area contributed by atoms with Crippen LogP contribution in [0.4, 0.5) is 0 Å². The normalized spacial score (nSPS) is 12.4. The fourth-order valence-corrected chi connectivity index (χ4v) is 2.44. The van der Waals surface area contributed by atoms with Crippen LogP contribution in [0, 0.1) is 13.8 Å². The Hall–Kier alpha value is -1.23. The minimum Gasteiger partial charge on any atom is -0.271 e. The Morgan fingerprint density at radius 2 is 2.00 bits per heavy atom. The van der Waals surface area contributed by atoms with Crippen LogP contribution >= 0.6 is 15.9 Å². The van der Waals surface area contributed by atoms with Gasteiger partial charge in [0, 0.05) is 16.9 Å². The predicted molar refractivity (Wildman–Crippen MR) is 81.6 cm³/mol. The smallest absolute Gasteiger partial charge is 0.0501 e. The Kier molecular flexibility index (Phi) is 4.69. The largest absolute Gasteiger partial charge is 0.271 e. The van der Waals surface area contributed by atoms with Crippen molar-refractivity contribution in [2.75, 3.05) is 0 Å². The molecule has 0 aliphatic rings. The van der Waals surface area contributed by atoms with Gasteiger partial charge in [0.15, 0.2) is 0 Å². The lowest BCUT2D eigenvalue weighted by Crippen LogP contribution is -2.29. The van der Waals surface area contributed by atoms with E-state index in [2.05, 4.69) is 58.4 Å². The molecule has 100 valence electrons. The van der Waals surface area contributed by atoms with Crippen molar-refractivity contribution in [1.82, 2.24) is 10.4 Å². The second-order valence-electron chi connectivity index (χ2n) is 4.75. The summed E-state index contributed by atoms with van der Waals surface area (Å²) in [5.41, 5.74) is 7.71. The van der Waals surface area contributed by atoms with Gasteiger partial charge in [0.05, 0.1) is 6.04 Å². The fourth-order valence-electron chi connectivity index (χ4n) is 2.21. The number of pyridine rings is 1. The van der Waals surface area contributed by atoms with E-state index in [9.17, 15) is 0 Å². The topological polar surface area (TPSA) is 50.9 Å². The zero-order valence-electron chi connectivity index (χ0n) is 11.2. The molecule has 3 nitrogen and oxygen atoms in total. The van der Waals surface area contributed by atoms with Crippen LogP contribution in [0.15, 0.2) is 41.1 Å². The molecule has 1 aromatic heterocycles. The molecule has 2 rings (SSSR count). The number of aromatic nitrogens is 1. The summed E-state index contributed by atoms with van der Waals surface area (Å²) in [6.07, 6.45) is 4.48. The van der Waals surface area contributed by atoms with Crippen LogP contribution in [0.5, 0.6) is 0 Å². The molecule has 3 N–H and O–H groups in total. The standard InChI is InChI=1S/C15H18BrN3/c1-10-6-13(7-11(2)15(10)16)14(19-17)8-12-4-3-5-18-9-12/h3-7,9,14,19H,8,17H2,1-2H3. The van der Waals surface area contributed by atoms with Gasteiger partial charge < -0.3 is 0 Å². The van der Waals surface area contributed by atoms with Crippen LogP contribution in [-0.2, 0) is 6.42 Å². The number of hydrogen-bond donors (Lipinski definition) is 2. The molecule has 0 aliphatic carbocycles. The highest BCUT2D eigenvalue weighted by Crippen LogP contribution is 2.26. The monoisotopic (exact) mass is 319 g/mol. The lowest BCUT2D eigenvalue weighted by Gasteiger charge is -2.18. The molecule has 0 saturated carbocycles. The van der Waals surface area contributed by atoms with Gasteiger partial charge >= 0.3 is 0 Å². The highest BCUT2D eigenvalue weighted by molar-refractivity contribution is 9.10. The number of rotatable bonds is 4. The second kappa shape index (κ2) is 6.28. The Morgan fingerprint density at radius 1 is 1.32 bits per heavy atom. The van der Waals surface area contributed by atoms with Crippen molar-refractivity contribution >= 4 is 15.9 Å². The maximum atomic E-state index is 5.71. The van der Waals surface area contributed by atoms with Gasteiger partial charge in [-0.25, -0.2) is 0 Å². The second-order valence-corrected chi connectivity index (χ2v) is 5.55. The maximum absolute atomic E-state index is 5.71. The summed E-state index contributed by atoms with van der Waals surface area (Å²) < 4.78 is 1.16. The molecule has 0 bridgehead atoms. The molecule has 1 unspecified atom stereocenters. The number of hydrazine groups is 1. The first-order chi connectivity index (χ1) is 9.11. The Bertz CT molecular complexity index is 532. The molecule has 2 aromatic rings. The van der Waals surface area contributed by atoms with Crippen LogP contribution in [0.3, 0.4) is 0 Å². The number of aryl methyl sites for hydroxylation is 2. The van der Waals surface area contributed by atoms with Crippen LogP contribution in [0.2, 0.25) is 0 Å². The first-order valence-corrected chi connectivity index (χ1v) is 7.02. The van der Waals surface area contributed by atoms with Gasteiger partial charge in [-0.3, -0.25) is 16.3 Å². The molecule has 1 atom stereocenters. The Balaban J connectivity index is 2.27. The molecule has 1 heterocycles. The molecule has 0 saturated heterocycles. The minimum absolute atomic E-state index is 0.0923. The van der Waals surface area contributed by atoms with E-state index in [4.69, 9.17) is 5.84 Å². The highest BCUT2D eigenvalue weighted by Gasteiger charge is 2.13. The van der Waals surface area contributed by atoms with Crippen molar-refractivity contribution < 1.29 is 0 Å². The lowest BCUT2D eigenvalue weighted by molar-refractivity contribution is 0.550. The number of nitrogens with one attached hydrogen (secondary N) is 1. The van der Waals surface area contributed by atoms with Gasteiger partial charge in [0.1, 0.15) is 0 Å². The number of hydrogen-bond acceptors (Lipinski definition) is 3. The van der Waals surface area contributed by atoms with E-state index in [0.29, 0.717) is 0 Å². The fraction of sp³-hybridized carbons (Fsp3) is 0.267. The van der Waals surface area contributed by atoms with Gasteiger partial charge in [0.2, 0.25) is 0 Å². The van der Waals surface area contributed by atoms with Crippen molar-refractivity contribution in [3.8, 4) is 0 Å². The summed E-state index contributed by atoms with van der Waals surface area (Å²) in [6.45, 7) is 4.19. The number of halogens is 1. The van der Waals surface area contributed by atoms with Gasteiger partial charge in [-0.15, -0.1) is 0 Å². The third-order valence-electron chi connectivity index (χ3n) is 3.22. The average molecular weight is 320 g/mol. The van der Waals surface area contributed by atoms with Crippen LogP contribution < -0.4 is 11.3 Å². The molecular weight excluding hydrogens is 302 g/mol. The lowest BCUT2D eigenvalue weighted by atomic mass is 9.97. The summed E-state index contributed by atoms with van der Waals surface area (Å²) in [4.78, 5) is 4.14. The molecule has 4 heteroatoms. The van der Waals surface area contributed by atoms with Crippen molar-refractivity contribution in [1.29, 1.82) is 0 Å². The Labute approximate surface area is 122 Å². The van der Waals surface area contributed by atoms with E-state index in [1.165, 1.54) is 22.3 Å². The zero-order valence-corrected chi connectivity index (χ0v) is 12.7. The molecule has 0 fully saturated rings. The van der Waals surface area contributed by atoms with E-state index >= 15 is 0 Å².